The third kappa shape index (κ3) is 4.03. The number of nitrogens with one attached hydrogen (secondary N) is 1. The Hall–Kier alpha value is -0.850. The summed E-state index contributed by atoms with van der Waals surface area (Å²) in [5, 5.41) is 3.23. The zero-order valence-corrected chi connectivity index (χ0v) is 9.46. The highest BCUT2D eigenvalue weighted by molar-refractivity contribution is 5.86. The van der Waals surface area contributed by atoms with Gasteiger partial charge in [0, 0.05) is 32.5 Å². The molecular weight excluding hydrogens is 188 g/mol. The first-order valence-corrected chi connectivity index (χ1v) is 5.69. The molecule has 1 saturated heterocycles. The van der Waals surface area contributed by atoms with E-state index >= 15 is 0 Å². The van der Waals surface area contributed by atoms with Crippen LogP contribution in [0.1, 0.15) is 26.2 Å². The molecule has 1 heterocycles. The Bertz CT molecular complexity index is 244. The molecule has 0 radical (unpaired) electrons. The van der Waals surface area contributed by atoms with E-state index in [1.165, 1.54) is 0 Å². The highest BCUT2D eigenvalue weighted by Gasteiger charge is 2.23. The quantitative estimate of drug-likeness (QED) is 0.651. The Morgan fingerprint density at radius 3 is 2.93 bits per heavy atom. The van der Waals surface area contributed by atoms with Crippen LogP contribution in [-0.2, 0) is 4.79 Å². The largest absolute Gasteiger partial charge is 0.307 e. The summed E-state index contributed by atoms with van der Waals surface area (Å²) in [6.45, 7) is 5.87. The van der Waals surface area contributed by atoms with Gasteiger partial charge in [-0.3, -0.25) is 4.79 Å². The summed E-state index contributed by atoms with van der Waals surface area (Å²) in [6.07, 6.45) is 7.63. The fraction of sp³-hybridized carbons (Fsp3) is 0.750. The molecule has 0 aromatic heterocycles. The molecule has 0 amide bonds. The fourth-order valence-corrected chi connectivity index (χ4v) is 1.88. The first-order valence-electron chi connectivity index (χ1n) is 5.69. The summed E-state index contributed by atoms with van der Waals surface area (Å²) in [4.78, 5) is 13.7. The number of nitrogens with zero attached hydrogens (tertiary/aromatic N) is 1. The van der Waals surface area contributed by atoms with E-state index in [1.54, 1.807) is 0 Å². The predicted molar refractivity (Wildman–Crippen MR) is 61.6 cm³/mol. The van der Waals surface area contributed by atoms with Crippen molar-refractivity contribution in [3.63, 3.8) is 0 Å². The van der Waals surface area contributed by atoms with E-state index in [-0.39, 0.29) is 6.04 Å². The Labute approximate surface area is 92.2 Å². The summed E-state index contributed by atoms with van der Waals surface area (Å²) < 4.78 is 0. The lowest BCUT2D eigenvalue weighted by Crippen LogP contribution is -2.34. The zero-order valence-electron chi connectivity index (χ0n) is 9.46. The number of carbonyl (C=O) groups is 1. The number of rotatable bonds is 6. The second-order valence-corrected chi connectivity index (χ2v) is 3.90. The number of ketones is 1. The molecular formula is C12H20N2O. The molecule has 3 heteroatoms. The van der Waals surface area contributed by atoms with Crippen LogP contribution in [0.15, 0.2) is 0 Å². The van der Waals surface area contributed by atoms with Crippen molar-refractivity contribution in [2.24, 2.45) is 0 Å². The molecule has 1 aliphatic heterocycles. The van der Waals surface area contributed by atoms with Crippen molar-refractivity contribution in [3.8, 4) is 12.3 Å². The lowest BCUT2D eigenvalue weighted by molar-refractivity contribution is -0.118. The van der Waals surface area contributed by atoms with Crippen LogP contribution in [0.3, 0.4) is 0 Å². The van der Waals surface area contributed by atoms with Crippen molar-refractivity contribution in [1.82, 2.24) is 10.2 Å². The van der Waals surface area contributed by atoms with E-state index in [0.717, 1.165) is 39.0 Å². The molecule has 1 aliphatic rings. The molecule has 0 spiro atoms. The van der Waals surface area contributed by atoms with Gasteiger partial charge in [-0.15, -0.1) is 12.3 Å². The van der Waals surface area contributed by atoms with Gasteiger partial charge in [-0.05, 0) is 13.0 Å². The van der Waals surface area contributed by atoms with E-state index in [4.69, 9.17) is 6.42 Å². The zero-order chi connectivity index (χ0) is 11.1. The fourth-order valence-electron chi connectivity index (χ4n) is 1.88. The Kier molecular flexibility index (Phi) is 5.38. The van der Waals surface area contributed by atoms with Crippen molar-refractivity contribution in [2.75, 3.05) is 26.2 Å². The molecule has 1 fully saturated rings. The maximum Gasteiger partial charge on any atom is 0.151 e. The molecule has 1 atom stereocenters. The molecule has 0 aliphatic carbocycles. The molecule has 0 bridgehead atoms. The van der Waals surface area contributed by atoms with Crippen LogP contribution in [0.4, 0.5) is 0 Å². The van der Waals surface area contributed by atoms with Gasteiger partial charge in [-0.2, -0.15) is 0 Å². The van der Waals surface area contributed by atoms with Crippen molar-refractivity contribution in [1.29, 1.82) is 0 Å². The van der Waals surface area contributed by atoms with Gasteiger partial charge < -0.3 is 10.2 Å². The lowest BCUT2D eigenvalue weighted by atomic mass is 10.1. The summed E-state index contributed by atoms with van der Waals surface area (Å²) in [6, 6.07) is 0.0879. The minimum atomic E-state index is 0.0879. The van der Waals surface area contributed by atoms with Gasteiger partial charge in [0.15, 0.2) is 5.78 Å². The van der Waals surface area contributed by atoms with Gasteiger partial charge in [-0.25, -0.2) is 0 Å². The van der Waals surface area contributed by atoms with Crippen LogP contribution < -0.4 is 5.32 Å². The first kappa shape index (κ1) is 12.2. The molecule has 0 aromatic rings. The van der Waals surface area contributed by atoms with Gasteiger partial charge in [0.2, 0.25) is 0 Å². The van der Waals surface area contributed by atoms with Gasteiger partial charge in [-0.1, -0.05) is 6.92 Å². The Morgan fingerprint density at radius 1 is 1.60 bits per heavy atom. The first-order chi connectivity index (χ1) is 7.27. The molecule has 1 unspecified atom stereocenters. The SMILES string of the molecule is C#CCCN(CC)CCC1NCCC1=O. The third-order valence-corrected chi connectivity index (χ3v) is 2.90. The van der Waals surface area contributed by atoms with Crippen LogP contribution in [0.25, 0.3) is 0 Å². The summed E-state index contributed by atoms with van der Waals surface area (Å²) in [5.41, 5.74) is 0. The molecule has 1 N–H and O–H groups in total. The highest BCUT2D eigenvalue weighted by Crippen LogP contribution is 2.06. The van der Waals surface area contributed by atoms with Crippen molar-refractivity contribution < 1.29 is 4.79 Å². The van der Waals surface area contributed by atoms with Gasteiger partial charge in [0.25, 0.3) is 0 Å². The number of Topliss-reactive ketones (excluding diaryl/α,β-unsaturated/α-hetero) is 1. The van der Waals surface area contributed by atoms with Crippen LogP contribution in [0.2, 0.25) is 0 Å². The molecule has 3 nitrogen and oxygen atoms in total. The average molecular weight is 208 g/mol. The van der Waals surface area contributed by atoms with E-state index < -0.39 is 0 Å². The minimum Gasteiger partial charge on any atom is -0.307 e. The number of hydrogen-bond acceptors (Lipinski definition) is 3. The molecule has 1 rings (SSSR count). The number of carbonyl (C=O) groups excluding carboxylic acids is 1. The van der Waals surface area contributed by atoms with Gasteiger partial charge >= 0.3 is 0 Å². The maximum absolute atomic E-state index is 11.4. The van der Waals surface area contributed by atoms with E-state index in [0.29, 0.717) is 12.2 Å². The maximum atomic E-state index is 11.4. The smallest absolute Gasteiger partial charge is 0.151 e. The summed E-state index contributed by atoms with van der Waals surface area (Å²) >= 11 is 0. The number of hydrogen-bond donors (Lipinski definition) is 1. The van der Waals surface area contributed by atoms with Crippen LogP contribution in [0, 0.1) is 12.3 Å². The van der Waals surface area contributed by atoms with Crippen molar-refractivity contribution >= 4 is 5.78 Å². The van der Waals surface area contributed by atoms with E-state index in [9.17, 15) is 4.79 Å². The normalized spacial score (nSPS) is 20.9. The van der Waals surface area contributed by atoms with E-state index in [1.807, 2.05) is 0 Å². The van der Waals surface area contributed by atoms with Crippen LogP contribution in [0.5, 0.6) is 0 Å². The van der Waals surface area contributed by atoms with Crippen molar-refractivity contribution in [2.45, 2.75) is 32.2 Å². The third-order valence-electron chi connectivity index (χ3n) is 2.90. The summed E-state index contributed by atoms with van der Waals surface area (Å²) in [7, 11) is 0. The topological polar surface area (TPSA) is 32.3 Å². The van der Waals surface area contributed by atoms with Crippen LogP contribution in [-0.4, -0.2) is 42.9 Å². The van der Waals surface area contributed by atoms with E-state index in [2.05, 4.69) is 23.1 Å². The minimum absolute atomic E-state index is 0.0879. The van der Waals surface area contributed by atoms with Crippen molar-refractivity contribution in [3.05, 3.63) is 0 Å². The van der Waals surface area contributed by atoms with Gasteiger partial charge in [0.1, 0.15) is 0 Å². The second kappa shape index (κ2) is 6.60. The standard InChI is InChI=1S/C12H20N2O/c1-3-5-9-14(4-2)10-7-11-12(15)6-8-13-11/h1,11,13H,4-10H2,2H3. The monoisotopic (exact) mass is 208 g/mol. The second-order valence-electron chi connectivity index (χ2n) is 3.90. The average Bonchev–Trinajstić information content (AvgIpc) is 2.65. The predicted octanol–water partition coefficient (Wildman–Crippen LogP) is 0.653. The van der Waals surface area contributed by atoms with Crippen LogP contribution >= 0.6 is 0 Å². The molecule has 84 valence electrons. The molecule has 15 heavy (non-hydrogen) atoms. The molecule has 0 aromatic carbocycles. The Balaban J connectivity index is 2.21. The Morgan fingerprint density at radius 2 is 2.40 bits per heavy atom. The summed E-state index contributed by atoms with van der Waals surface area (Å²) in [5.74, 6) is 3.01. The lowest BCUT2D eigenvalue weighted by Gasteiger charge is -2.20. The van der Waals surface area contributed by atoms with Gasteiger partial charge in [0.05, 0.1) is 6.04 Å². The highest BCUT2D eigenvalue weighted by atomic mass is 16.1. The molecule has 0 saturated carbocycles. The number of terminal acetylenes is 1.